The number of pyridine rings is 1. The maximum absolute atomic E-state index is 6.07. The van der Waals surface area contributed by atoms with Gasteiger partial charge in [0, 0.05) is 17.3 Å². The highest BCUT2D eigenvalue weighted by molar-refractivity contribution is 5.83. The van der Waals surface area contributed by atoms with Crippen LogP contribution < -0.4 is 4.74 Å². The molecule has 0 amide bonds. The first kappa shape index (κ1) is 13.6. The lowest BCUT2D eigenvalue weighted by Crippen LogP contribution is -1.97. The van der Waals surface area contributed by atoms with E-state index in [0.717, 1.165) is 28.0 Å². The summed E-state index contributed by atoms with van der Waals surface area (Å²) in [5.74, 6) is 0.880. The summed E-state index contributed by atoms with van der Waals surface area (Å²) in [6.45, 7) is 0.556. The van der Waals surface area contributed by atoms with Crippen molar-refractivity contribution in [1.82, 2.24) is 9.38 Å². The zero-order valence-corrected chi connectivity index (χ0v) is 12.6. The van der Waals surface area contributed by atoms with Gasteiger partial charge in [-0.1, -0.05) is 54.6 Å². The van der Waals surface area contributed by atoms with Gasteiger partial charge in [-0.25, -0.2) is 4.98 Å². The molecule has 0 unspecified atom stereocenters. The predicted octanol–water partition coefficient (Wildman–Crippen LogP) is 4.58. The van der Waals surface area contributed by atoms with Gasteiger partial charge in [0.2, 0.25) is 0 Å². The van der Waals surface area contributed by atoms with E-state index in [4.69, 9.17) is 4.74 Å². The highest BCUT2D eigenvalue weighted by Gasteiger charge is 2.10. The van der Waals surface area contributed by atoms with Crippen LogP contribution in [0.5, 0.6) is 5.75 Å². The summed E-state index contributed by atoms with van der Waals surface area (Å²) in [6.07, 6.45) is 5.69. The average Bonchev–Trinajstić information content (AvgIpc) is 3.10. The molecule has 2 aromatic heterocycles. The maximum atomic E-state index is 6.07. The molecule has 3 nitrogen and oxygen atoms in total. The second-order valence-electron chi connectivity index (χ2n) is 5.38. The van der Waals surface area contributed by atoms with Crippen molar-refractivity contribution < 1.29 is 4.74 Å². The molecule has 0 N–H and O–H groups in total. The normalized spacial score (nSPS) is 10.8. The first-order chi connectivity index (χ1) is 11.4. The molecule has 0 spiro atoms. The van der Waals surface area contributed by atoms with Crippen LogP contribution in [0.4, 0.5) is 0 Å². The van der Waals surface area contributed by atoms with Crippen LogP contribution >= 0.6 is 0 Å². The van der Waals surface area contributed by atoms with E-state index < -0.39 is 0 Å². The Bertz CT molecular complexity index is 928. The van der Waals surface area contributed by atoms with E-state index in [0.29, 0.717) is 6.61 Å². The third-order valence-electron chi connectivity index (χ3n) is 3.87. The molecule has 0 aliphatic rings. The summed E-state index contributed by atoms with van der Waals surface area (Å²) in [5, 5.41) is 0. The molecular formula is C20H16N2O. The highest BCUT2D eigenvalue weighted by atomic mass is 16.5. The summed E-state index contributed by atoms with van der Waals surface area (Å²) < 4.78 is 8.09. The van der Waals surface area contributed by atoms with Gasteiger partial charge in [-0.3, -0.25) is 0 Å². The Balaban J connectivity index is 1.71. The Morgan fingerprint density at radius 2 is 1.61 bits per heavy atom. The molecular weight excluding hydrogens is 284 g/mol. The van der Waals surface area contributed by atoms with E-state index >= 15 is 0 Å². The van der Waals surface area contributed by atoms with E-state index in [1.807, 2.05) is 65.6 Å². The standard InChI is InChI=1S/C20H16N2O/c1-2-7-16(8-3-1)14-23-20-11-5-4-9-18(20)17-10-6-12-22-15-21-13-19(17)22/h1-13,15H,14H2. The molecule has 0 bridgehead atoms. The minimum Gasteiger partial charge on any atom is -0.488 e. The van der Waals surface area contributed by atoms with Crippen LogP contribution in [-0.4, -0.2) is 9.38 Å². The van der Waals surface area contributed by atoms with Crippen molar-refractivity contribution in [1.29, 1.82) is 0 Å². The second-order valence-corrected chi connectivity index (χ2v) is 5.38. The molecule has 2 aromatic carbocycles. The van der Waals surface area contributed by atoms with Crippen molar-refractivity contribution in [2.75, 3.05) is 0 Å². The Labute approximate surface area is 134 Å². The Kier molecular flexibility index (Phi) is 3.53. The summed E-state index contributed by atoms with van der Waals surface area (Å²) in [4.78, 5) is 4.23. The second kappa shape index (κ2) is 5.97. The van der Waals surface area contributed by atoms with E-state index in [-0.39, 0.29) is 0 Å². The molecule has 0 radical (unpaired) electrons. The molecule has 112 valence electrons. The Morgan fingerprint density at radius 3 is 2.52 bits per heavy atom. The minimum atomic E-state index is 0.556. The molecule has 0 fully saturated rings. The van der Waals surface area contributed by atoms with Crippen molar-refractivity contribution in [3.63, 3.8) is 0 Å². The van der Waals surface area contributed by atoms with Crippen LogP contribution in [0.25, 0.3) is 16.6 Å². The van der Waals surface area contributed by atoms with Gasteiger partial charge in [0.25, 0.3) is 0 Å². The summed E-state index contributed by atoms with van der Waals surface area (Å²) in [7, 11) is 0. The molecule has 3 heteroatoms. The molecule has 0 aliphatic carbocycles. The van der Waals surface area contributed by atoms with E-state index in [1.54, 1.807) is 0 Å². The quantitative estimate of drug-likeness (QED) is 0.551. The van der Waals surface area contributed by atoms with Crippen molar-refractivity contribution >= 4 is 5.52 Å². The monoisotopic (exact) mass is 300 g/mol. The van der Waals surface area contributed by atoms with Gasteiger partial charge in [0.05, 0.1) is 18.0 Å². The average molecular weight is 300 g/mol. The highest BCUT2D eigenvalue weighted by Crippen LogP contribution is 2.33. The topological polar surface area (TPSA) is 26.5 Å². The first-order valence-corrected chi connectivity index (χ1v) is 7.58. The summed E-state index contributed by atoms with van der Waals surface area (Å²) in [6, 6.07) is 22.5. The number of aromatic nitrogens is 2. The largest absolute Gasteiger partial charge is 0.488 e. The summed E-state index contributed by atoms with van der Waals surface area (Å²) in [5.41, 5.74) is 4.43. The van der Waals surface area contributed by atoms with Crippen LogP contribution in [0, 0.1) is 0 Å². The number of ether oxygens (including phenoxy) is 1. The van der Waals surface area contributed by atoms with Crippen LogP contribution in [-0.2, 0) is 6.61 Å². The van der Waals surface area contributed by atoms with E-state index in [2.05, 4.69) is 29.2 Å². The minimum absolute atomic E-state index is 0.556. The number of fused-ring (bicyclic) bond motifs is 1. The molecule has 2 heterocycles. The molecule has 0 saturated heterocycles. The Morgan fingerprint density at radius 1 is 0.826 bits per heavy atom. The molecule has 23 heavy (non-hydrogen) atoms. The number of para-hydroxylation sites is 1. The fraction of sp³-hybridized carbons (Fsp3) is 0.0500. The number of rotatable bonds is 4. The van der Waals surface area contributed by atoms with Crippen LogP contribution in [0.1, 0.15) is 5.56 Å². The van der Waals surface area contributed by atoms with Crippen LogP contribution in [0.3, 0.4) is 0 Å². The summed E-state index contributed by atoms with van der Waals surface area (Å²) >= 11 is 0. The van der Waals surface area contributed by atoms with Crippen LogP contribution in [0.15, 0.2) is 85.5 Å². The van der Waals surface area contributed by atoms with E-state index in [9.17, 15) is 0 Å². The van der Waals surface area contributed by atoms with Gasteiger partial charge in [0.15, 0.2) is 0 Å². The maximum Gasteiger partial charge on any atom is 0.127 e. The Hall–Kier alpha value is -3.07. The third kappa shape index (κ3) is 2.69. The zero-order chi connectivity index (χ0) is 15.5. The molecule has 4 rings (SSSR count). The number of hydrogen-bond donors (Lipinski definition) is 0. The predicted molar refractivity (Wildman–Crippen MR) is 91.4 cm³/mol. The smallest absolute Gasteiger partial charge is 0.127 e. The van der Waals surface area contributed by atoms with Crippen molar-refractivity contribution in [3.05, 3.63) is 91.0 Å². The van der Waals surface area contributed by atoms with Crippen molar-refractivity contribution in [2.45, 2.75) is 6.61 Å². The SMILES string of the molecule is c1ccc(COc2ccccc2-c2cccn3cncc23)cc1. The van der Waals surface area contributed by atoms with Crippen LogP contribution in [0.2, 0.25) is 0 Å². The van der Waals surface area contributed by atoms with Crippen molar-refractivity contribution in [2.24, 2.45) is 0 Å². The molecule has 4 aromatic rings. The van der Waals surface area contributed by atoms with Gasteiger partial charge >= 0.3 is 0 Å². The molecule has 0 aliphatic heterocycles. The molecule has 0 atom stereocenters. The van der Waals surface area contributed by atoms with Crippen molar-refractivity contribution in [3.8, 4) is 16.9 Å². The fourth-order valence-electron chi connectivity index (χ4n) is 2.73. The fourth-order valence-corrected chi connectivity index (χ4v) is 2.73. The zero-order valence-electron chi connectivity index (χ0n) is 12.6. The van der Waals surface area contributed by atoms with Gasteiger partial charge < -0.3 is 9.14 Å². The molecule has 0 saturated carbocycles. The van der Waals surface area contributed by atoms with Gasteiger partial charge in [-0.05, 0) is 17.7 Å². The third-order valence-corrected chi connectivity index (χ3v) is 3.87. The van der Waals surface area contributed by atoms with Gasteiger partial charge in [-0.2, -0.15) is 0 Å². The first-order valence-electron chi connectivity index (χ1n) is 7.58. The number of imidazole rings is 1. The van der Waals surface area contributed by atoms with Gasteiger partial charge in [-0.15, -0.1) is 0 Å². The number of nitrogens with zero attached hydrogens (tertiary/aromatic N) is 2. The number of benzene rings is 2. The van der Waals surface area contributed by atoms with E-state index in [1.165, 1.54) is 0 Å². The lowest BCUT2D eigenvalue weighted by molar-refractivity contribution is 0.307. The lowest BCUT2D eigenvalue weighted by Gasteiger charge is -2.12. The van der Waals surface area contributed by atoms with Gasteiger partial charge in [0.1, 0.15) is 12.4 Å². The number of hydrogen-bond acceptors (Lipinski definition) is 2. The lowest BCUT2D eigenvalue weighted by atomic mass is 10.0.